The smallest absolute Gasteiger partial charge is 0.217 e. The fraction of sp³-hybridized carbons (Fsp3) is 0.986. The van der Waals surface area contributed by atoms with Crippen molar-refractivity contribution >= 4 is 43.8 Å². The van der Waals surface area contributed by atoms with Gasteiger partial charge in [-0.25, -0.2) is 0 Å². The lowest BCUT2D eigenvalue weighted by atomic mass is 9.92. The summed E-state index contributed by atoms with van der Waals surface area (Å²) in [5.74, 6) is 0.0596. The zero-order valence-corrected chi connectivity index (χ0v) is 71.4. The van der Waals surface area contributed by atoms with Crippen LogP contribution in [0, 0.1) is 0 Å². The highest BCUT2D eigenvalue weighted by Crippen LogP contribution is 2.30. The summed E-state index contributed by atoms with van der Waals surface area (Å²) in [7, 11) is 11.3. The third-order valence-corrected chi connectivity index (χ3v) is 22.7. The van der Waals surface area contributed by atoms with Gasteiger partial charge in [-0.1, -0.05) is 5.11 Å². The molecule has 9 saturated heterocycles. The maximum atomic E-state index is 10.8. The van der Waals surface area contributed by atoms with Gasteiger partial charge in [0.05, 0.1) is 214 Å². The van der Waals surface area contributed by atoms with E-state index in [1.54, 1.807) is 74.4 Å². The Hall–Kier alpha value is -1.53. The van der Waals surface area contributed by atoms with Crippen molar-refractivity contribution in [1.29, 1.82) is 0 Å². The first-order chi connectivity index (χ1) is 52.3. The molecule has 1 amide bonds. The zero-order valence-electron chi connectivity index (χ0n) is 68.7. The molecule has 0 aromatic carbocycles. The van der Waals surface area contributed by atoms with Gasteiger partial charge in [-0.3, -0.25) is 4.79 Å². The van der Waals surface area contributed by atoms with Gasteiger partial charge in [-0.15, -0.1) is 0 Å². The number of nitrogens with one attached hydrogen (secondary N) is 1. The second-order valence-electron chi connectivity index (χ2n) is 30.9. The summed E-state index contributed by atoms with van der Waals surface area (Å²) < 4.78 is 47.3. The number of nitrogens with zero attached hydrogens (tertiary/aromatic N) is 6. The van der Waals surface area contributed by atoms with E-state index in [1.807, 2.05) is 60.8 Å². The highest BCUT2D eigenvalue weighted by molar-refractivity contribution is 7.81. The lowest BCUT2D eigenvalue weighted by molar-refractivity contribution is -0.210. The molecule has 0 aliphatic carbocycles. The molecule has 23 N–H and O–H groups in total. The highest BCUT2D eigenvalue weighted by atomic mass is 32.1. The van der Waals surface area contributed by atoms with E-state index in [0.29, 0.717) is 12.2 Å². The Morgan fingerprint density at radius 3 is 1.11 bits per heavy atom. The van der Waals surface area contributed by atoms with Crippen LogP contribution in [0.25, 0.3) is 10.4 Å². The van der Waals surface area contributed by atoms with E-state index in [2.05, 4.69) is 65.1 Å². The maximum absolute atomic E-state index is 10.8. The van der Waals surface area contributed by atoms with Gasteiger partial charge in [0.15, 0.2) is 0 Å². The SMILES string of the molecule is CC(=O)NC1C(O)C(C)OC(C)C1O.CC1CC(N(C)C)C(O)C(C)O1.CC1CC(O)C(O)C(C)O1.CC1OC(C)C(O)C(N(C)C)C1O.CC1OC(CO)C(O)C(N(C)C)C1O.CC1OC(CO)C(O)C(N=[N+]=[N-])C1O.CC1OC(CO)C(O)C(S)C1O.CC1OC(CO)C(S)C(O)C1O.CC1OC(CS)C(O)C(O)C1O. The largest absolute Gasteiger partial charge is 0.394 e. The van der Waals surface area contributed by atoms with E-state index in [9.17, 15) is 96.7 Å². The predicted octanol–water partition coefficient (Wildman–Crippen LogP) is -7.21. The van der Waals surface area contributed by atoms with E-state index >= 15 is 0 Å². The minimum Gasteiger partial charge on any atom is -0.394 e. The summed E-state index contributed by atoms with van der Waals surface area (Å²) in [6.45, 7) is 23.3. The minimum absolute atomic E-state index is 0.0406. The van der Waals surface area contributed by atoms with Crippen molar-refractivity contribution < 1.29 is 160 Å². The van der Waals surface area contributed by atoms with E-state index in [1.165, 1.54) is 6.92 Å². The van der Waals surface area contributed by atoms with Crippen LogP contribution in [0.5, 0.6) is 0 Å². The normalized spacial score (nSPS) is 46.2. The van der Waals surface area contributed by atoms with Gasteiger partial charge >= 0.3 is 0 Å². The summed E-state index contributed by atoms with van der Waals surface area (Å²) in [5.41, 5.74) is 8.23. The number of aliphatic hydroxyl groups excluding tert-OH is 22. The van der Waals surface area contributed by atoms with Gasteiger partial charge in [-0.2, -0.15) is 37.9 Å². The Bertz CT molecular complexity index is 2500. The Labute approximate surface area is 680 Å². The number of likely N-dealkylation sites (N-methyl/N-ethyl adjacent to an activating group) is 3. The van der Waals surface area contributed by atoms with E-state index in [-0.39, 0.29) is 105 Å². The molecule has 0 bridgehead atoms. The second kappa shape index (κ2) is 52.7. The fourth-order valence-corrected chi connectivity index (χ4v) is 15.0. The molecule has 0 radical (unpaired) electrons. The van der Waals surface area contributed by atoms with Crippen molar-refractivity contribution in [2.45, 2.75) is 370 Å². The third kappa shape index (κ3) is 32.7. The molecule has 0 saturated carbocycles. The zero-order chi connectivity index (χ0) is 87.6. The van der Waals surface area contributed by atoms with Crippen molar-refractivity contribution in [2.24, 2.45) is 5.11 Å². The summed E-state index contributed by atoms with van der Waals surface area (Å²) >= 11 is 12.0. The van der Waals surface area contributed by atoms with E-state index < -0.39 is 187 Å². The molecule has 9 rings (SSSR count). The number of carbonyl (C=O) groups is 1. The highest BCUT2D eigenvalue weighted by Gasteiger charge is 2.48. The van der Waals surface area contributed by atoms with Crippen LogP contribution < -0.4 is 5.32 Å². The van der Waals surface area contributed by atoms with Crippen molar-refractivity contribution in [2.75, 3.05) is 74.5 Å². The number of thiol groups is 3. The number of hydrogen-bond donors (Lipinski definition) is 26. The molecule has 9 fully saturated rings. The average Bonchev–Trinajstić information content (AvgIpc) is 0.847. The fourth-order valence-electron chi connectivity index (χ4n) is 13.9. The first kappa shape index (κ1) is 109. The molecule has 42 heteroatoms. The number of ether oxygens (including phenoxy) is 9. The second-order valence-corrected chi connectivity index (χ2v) is 32.5. The summed E-state index contributed by atoms with van der Waals surface area (Å²) in [6, 6.07) is -2.01. The standard InChI is InChI=1S/C9H19NO4.C9H17NO4.C9H19NO3.C9H19NO2.C7H13N3O4.3C7H14O4S.C7H14O3/c1-5-8(12)7(10(2)3)9(13)6(4-11)14-5;1-4-8(12)7(10-6(3)11)9(13)5(2)14-4;1-5-8(11)7(10(3)4)9(12)6(2)13-5;1-6-5-8(10(3)4)9(11)7(2)12-6;1-3-6(12)5(9-10-8)7(13)4(2-11)14-3;1-3-5(9)6(10)7(12)4(2-8)11-3;1-3-5(8)7(10)6(9)4(2-12)11-3;1-3-5(9)7(12)6(10)4(2-8)11-3;1-4-3-6(8)7(9)5(2)10-4/h5-9,11-13H,4H2,1-3H3;4-5,7-9,12-13H,1-3H3,(H,10,11);5-9,11-12H,1-4H3;6-9,11H,5H2,1-4H3;3-7,11-13H,2H2,1H3;3*3-10,12H,2H2,1H3;4-9H,3H2,1-2H3. The maximum Gasteiger partial charge on any atom is 0.217 e. The number of carbonyl (C=O) groups excluding carboxylic acids is 1. The monoisotopic (exact) mass is 1700 g/mol. The van der Waals surface area contributed by atoms with Crippen molar-refractivity contribution in [1.82, 2.24) is 20.0 Å². The summed E-state index contributed by atoms with van der Waals surface area (Å²) in [4.78, 5) is 19.0. The number of rotatable bonds is 10. The van der Waals surface area contributed by atoms with Gasteiger partial charge in [-0.05, 0) is 144 Å². The molecule has 41 unspecified atom stereocenters. The van der Waals surface area contributed by atoms with E-state index in [0.717, 1.165) is 6.42 Å². The average molecular weight is 1700 g/mol. The first-order valence-electron chi connectivity index (χ1n) is 38.2. The summed E-state index contributed by atoms with van der Waals surface area (Å²) in [5, 5.41) is 211. The molecule has 9 aliphatic heterocycles. The van der Waals surface area contributed by atoms with Crippen molar-refractivity contribution in [3.63, 3.8) is 0 Å². The topological polar surface area (TPSA) is 616 Å². The lowest BCUT2D eigenvalue weighted by Crippen LogP contribution is -2.62. The molecule has 9 aliphatic rings. The molecule has 9 heterocycles. The molecular formula is C71H143N7O32S3. The molecule has 113 heavy (non-hydrogen) atoms. The van der Waals surface area contributed by atoms with Crippen molar-refractivity contribution in [3.8, 4) is 0 Å². The molecule has 39 nitrogen and oxygen atoms in total. The van der Waals surface area contributed by atoms with Crippen LogP contribution >= 0.6 is 37.9 Å². The Morgan fingerprint density at radius 2 is 0.708 bits per heavy atom. The van der Waals surface area contributed by atoms with E-state index in [4.69, 9.17) is 68.6 Å². The van der Waals surface area contributed by atoms with Crippen LogP contribution in [0.3, 0.4) is 0 Å². The van der Waals surface area contributed by atoms with Crippen molar-refractivity contribution in [3.05, 3.63) is 10.4 Å². The minimum atomic E-state index is -1.18. The molecule has 41 atom stereocenters. The van der Waals surface area contributed by atoms with Crippen LogP contribution in [0.15, 0.2) is 5.11 Å². The third-order valence-electron chi connectivity index (χ3n) is 21.1. The van der Waals surface area contributed by atoms with Gasteiger partial charge in [0.25, 0.3) is 0 Å². The first-order valence-corrected chi connectivity index (χ1v) is 39.9. The van der Waals surface area contributed by atoms with Crippen LogP contribution in [0.2, 0.25) is 0 Å². The van der Waals surface area contributed by atoms with Crippen LogP contribution in [-0.2, 0) is 47.4 Å². The van der Waals surface area contributed by atoms with Crippen LogP contribution in [0.1, 0.15) is 110 Å². The van der Waals surface area contributed by atoms with Gasteiger partial charge in [0.1, 0.15) is 67.1 Å². The number of aliphatic hydroxyl groups is 22. The van der Waals surface area contributed by atoms with Gasteiger partial charge < -0.3 is 175 Å². The Morgan fingerprint density at radius 1 is 0.372 bits per heavy atom. The number of amides is 1. The van der Waals surface area contributed by atoms with Gasteiger partial charge in [0, 0.05) is 30.1 Å². The number of azide groups is 1. The molecular weight excluding hydrogens is 1560 g/mol. The lowest BCUT2D eigenvalue weighted by Gasteiger charge is -2.44. The van der Waals surface area contributed by atoms with Crippen LogP contribution in [-0.4, -0.2) is 468 Å². The Kier molecular flexibility index (Phi) is 51.1. The van der Waals surface area contributed by atoms with Crippen LogP contribution in [0.4, 0.5) is 0 Å². The predicted molar refractivity (Wildman–Crippen MR) is 420 cm³/mol. The Balaban J connectivity index is 0.000000637. The van der Waals surface area contributed by atoms with Gasteiger partial charge in [0.2, 0.25) is 5.91 Å². The molecule has 0 spiro atoms. The number of hydrogen-bond acceptors (Lipinski definition) is 39. The summed E-state index contributed by atoms with van der Waals surface area (Å²) in [6.07, 6.45) is -20.3. The molecule has 672 valence electrons. The quantitative estimate of drug-likeness (QED) is 0.0418. The molecule has 0 aromatic rings. The molecule has 0 aromatic heterocycles.